The third-order valence-electron chi connectivity index (χ3n) is 4.00. The van der Waals surface area contributed by atoms with E-state index in [2.05, 4.69) is 5.32 Å². The molecule has 1 aromatic rings. The molecule has 22 heavy (non-hydrogen) atoms. The van der Waals surface area contributed by atoms with Gasteiger partial charge in [-0.1, -0.05) is 30.3 Å². The quantitative estimate of drug-likeness (QED) is 0.776. The van der Waals surface area contributed by atoms with Crippen molar-refractivity contribution in [3.05, 3.63) is 35.9 Å². The summed E-state index contributed by atoms with van der Waals surface area (Å²) in [4.78, 5) is 14.3. The Kier molecular flexibility index (Phi) is 5.20. The first-order chi connectivity index (χ1) is 10.3. The molecule has 1 aliphatic heterocycles. The number of hydrogen-bond donors (Lipinski definition) is 2. The van der Waals surface area contributed by atoms with Gasteiger partial charge in [-0.25, -0.2) is 8.42 Å². The highest BCUT2D eigenvalue weighted by molar-refractivity contribution is 7.91. The molecule has 6 nitrogen and oxygen atoms in total. The summed E-state index contributed by atoms with van der Waals surface area (Å²) in [6, 6.07) is 9.23. The molecule has 3 N–H and O–H groups in total. The van der Waals surface area contributed by atoms with Crippen molar-refractivity contribution in [3.8, 4) is 0 Å². The smallest absolute Gasteiger partial charge is 0.244 e. The molecule has 1 amide bonds. The Morgan fingerprint density at radius 3 is 2.45 bits per heavy atom. The van der Waals surface area contributed by atoms with E-state index in [0.29, 0.717) is 26.2 Å². The highest BCUT2D eigenvalue weighted by atomic mass is 32.2. The van der Waals surface area contributed by atoms with Gasteiger partial charge in [-0.15, -0.1) is 0 Å². The van der Waals surface area contributed by atoms with Crippen LogP contribution < -0.4 is 11.1 Å². The minimum Gasteiger partial charge on any atom is -0.353 e. The van der Waals surface area contributed by atoms with Crippen molar-refractivity contribution in [2.75, 3.05) is 37.7 Å². The van der Waals surface area contributed by atoms with Gasteiger partial charge in [-0.05, 0) is 12.5 Å². The highest BCUT2D eigenvalue weighted by Crippen LogP contribution is 2.17. The van der Waals surface area contributed by atoms with E-state index in [4.69, 9.17) is 5.73 Å². The number of nitrogens with two attached hydrogens (primary N) is 1. The summed E-state index contributed by atoms with van der Waals surface area (Å²) < 4.78 is 22.7. The molecule has 7 heteroatoms. The largest absolute Gasteiger partial charge is 0.353 e. The second-order valence-electron chi connectivity index (χ2n) is 5.82. The fraction of sp³-hybridized carbons (Fsp3) is 0.533. The van der Waals surface area contributed by atoms with E-state index in [1.807, 2.05) is 35.2 Å². The number of hydrogen-bond acceptors (Lipinski definition) is 5. The van der Waals surface area contributed by atoms with Gasteiger partial charge in [0, 0.05) is 26.2 Å². The van der Waals surface area contributed by atoms with Gasteiger partial charge in [-0.2, -0.15) is 0 Å². The molecule has 1 aromatic carbocycles. The first-order valence-electron chi connectivity index (χ1n) is 7.37. The van der Waals surface area contributed by atoms with E-state index in [0.717, 1.165) is 5.56 Å². The summed E-state index contributed by atoms with van der Waals surface area (Å²) in [5.41, 5.74) is 5.82. The molecule has 0 bridgehead atoms. The van der Waals surface area contributed by atoms with Crippen LogP contribution in [0.1, 0.15) is 12.5 Å². The Morgan fingerprint density at radius 1 is 1.27 bits per heavy atom. The van der Waals surface area contributed by atoms with Crippen LogP contribution in [-0.4, -0.2) is 56.9 Å². The lowest BCUT2D eigenvalue weighted by Crippen LogP contribution is -2.51. The summed E-state index contributed by atoms with van der Waals surface area (Å²) >= 11 is 0. The van der Waals surface area contributed by atoms with Gasteiger partial charge in [0.2, 0.25) is 5.91 Å². The van der Waals surface area contributed by atoms with Crippen LogP contribution in [0.15, 0.2) is 30.3 Å². The maximum atomic E-state index is 12.3. The average Bonchev–Trinajstić information content (AvgIpc) is 2.49. The lowest BCUT2D eigenvalue weighted by molar-refractivity contribution is -0.126. The number of nitrogens with one attached hydrogen (secondary N) is 1. The SMILES string of the molecule is CC(N)(C(=O)NCCN1CCS(=O)(=O)CC1)c1ccccc1. The topological polar surface area (TPSA) is 92.5 Å². The van der Waals surface area contributed by atoms with Crippen molar-refractivity contribution in [1.29, 1.82) is 0 Å². The normalized spacial score (nSPS) is 21.0. The van der Waals surface area contributed by atoms with E-state index in [1.165, 1.54) is 0 Å². The van der Waals surface area contributed by atoms with Crippen LogP contribution in [0.5, 0.6) is 0 Å². The molecule has 2 rings (SSSR count). The molecule has 1 heterocycles. The van der Waals surface area contributed by atoms with Gasteiger partial charge in [0.25, 0.3) is 0 Å². The molecular weight excluding hydrogens is 302 g/mol. The van der Waals surface area contributed by atoms with Crippen molar-refractivity contribution in [3.63, 3.8) is 0 Å². The monoisotopic (exact) mass is 325 g/mol. The zero-order valence-corrected chi connectivity index (χ0v) is 13.6. The molecule has 0 aliphatic carbocycles. The van der Waals surface area contributed by atoms with Crippen LogP contribution in [0.4, 0.5) is 0 Å². The minimum absolute atomic E-state index is 0.194. The fourth-order valence-electron chi connectivity index (χ4n) is 2.40. The van der Waals surface area contributed by atoms with Crippen molar-refractivity contribution >= 4 is 15.7 Å². The molecule has 0 radical (unpaired) electrons. The maximum Gasteiger partial charge on any atom is 0.244 e. The third kappa shape index (κ3) is 4.28. The van der Waals surface area contributed by atoms with Crippen LogP contribution in [0.25, 0.3) is 0 Å². The van der Waals surface area contributed by atoms with Gasteiger partial charge >= 0.3 is 0 Å². The van der Waals surface area contributed by atoms with E-state index >= 15 is 0 Å². The van der Waals surface area contributed by atoms with E-state index < -0.39 is 15.4 Å². The van der Waals surface area contributed by atoms with Crippen LogP contribution >= 0.6 is 0 Å². The number of carbonyl (C=O) groups excluding carboxylic acids is 1. The molecule has 0 aromatic heterocycles. The van der Waals surface area contributed by atoms with E-state index in [1.54, 1.807) is 6.92 Å². The fourth-order valence-corrected chi connectivity index (χ4v) is 3.68. The van der Waals surface area contributed by atoms with E-state index in [9.17, 15) is 13.2 Å². The zero-order valence-electron chi connectivity index (χ0n) is 12.8. The molecule has 1 aliphatic rings. The molecule has 1 saturated heterocycles. The first-order valence-corrected chi connectivity index (χ1v) is 9.19. The van der Waals surface area contributed by atoms with Gasteiger partial charge in [0.1, 0.15) is 5.54 Å². The summed E-state index contributed by atoms with van der Waals surface area (Å²) in [7, 11) is -2.87. The lowest BCUT2D eigenvalue weighted by atomic mass is 9.92. The molecule has 1 fully saturated rings. The summed E-state index contributed by atoms with van der Waals surface area (Å²) in [6.07, 6.45) is 0. The Bertz CT molecular complexity index is 600. The Hall–Kier alpha value is -1.44. The van der Waals surface area contributed by atoms with Gasteiger partial charge in [-0.3, -0.25) is 9.69 Å². The van der Waals surface area contributed by atoms with Gasteiger partial charge in [0.15, 0.2) is 9.84 Å². The molecule has 0 spiro atoms. The zero-order chi connectivity index (χ0) is 16.2. The second kappa shape index (κ2) is 6.76. The molecule has 1 unspecified atom stereocenters. The summed E-state index contributed by atoms with van der Waals surface area (Å²) in [5.74, 6) is 0.155. The van der Waals surface area contributed by atoms with Crippen molar-refractivity contribution in [2.24, 2.45) is 5.73 Å². The van der Waals surface area contributed by atoms with Crippen LogP contribution in [0, 0.1) is 0 Å². The molecular formula is C15H23N3O3S. The van der Waals surface area contributed by atoms with Gasteiger partial charge < -0.3 is 11.1 Å². The summed E-state index contributed by atoms with van der Waals surface area (Å²) in [5, 5.41) is 2.83. The predicted molar refractivity (Wildman–Crippen MR) is 86.1 cm³/mol. The second-order valence-corrected chi connectivity index (χ2v) is 8.12. The maximum absolute atomic E-state index is 12.3. The van der Waals surface area contributed by atoms with Crippen molar-refractivity contribution < 1.29 is 13.2 Å². The number of rotatable bonds is 5. The standard InChI is InChI=1S/C15H23N3O3S/c1-15(16,13-5-3-2-4-6-13)14(19)17-7-8-18-9-11-22(20,21)12-10-18/h2-6H,7-12,16H2,1H3,(H,17,19). The predicted octanol–water partition coefficient (Wildman–Crippen LogP) is -0.293. The Labute approximate surface area is 131 Å². The summed E-state index contributed by atoms with van der Waals surface area (Å²) in [6.45, 7) is 3.82. The number of amides is 1. The first kappa shape index (κ1) is 16.9. The van der Waals surface area contributed by atoms with Crippen molar-refractivity contribution in [2.45, 2.75) is 12.5 Å². The average molecular weight is 325 g/mol. The highest BCUT2D eigenvalue weighted by Gasteiger charge is 2.30. The number of benzene rings is 1. The van der Waals surface area contributed by atoms with Crippen molar-refractivity contribution in [1.82, 2.24) is 10.2 Å². The van der Waals surface area contributed by atoms with Crippen LogP contribution in [-0.2, 0) is 20.2 Å². The van der Waals surface area contributed by atoms with Gasteiger partial charge in [0.05, 0.1) is 11.5 Å². The third-order valence-corrected chi connectivity index (χ3v) is 5.60. The van der Waals surface area contributed by atoms with Crippen LogP contribution in [0.2, 0.25) is 0 Å². The minimum atomic E-state index is -2.87. The van der Waals surface area contributed by atoms with E-state index in [-0.39, 0.29) is 17.4 Å². The Balaban J connectivity index is 1.81. The molecule has 122 valence electrons. The Morgan fingerprint density at radius 2 is 1.86 bits per heavy atom. The number of sulfone groups is 1. The molecule has 0 saturated carbocycles. The number of carbonyl (C=O) groups is 1. The lowest BCUT2D eigenvalue weighted by Gasteiger charge is -2.28. The number of nitrogens with zero attached hydrogens (tertiary/aromatic N) is 1. The molecule has 1 atom stereocenters. The van der Waals surface area contributed by atoms with Crippen LogP contribution in [0.3, 0.4) is 0 Å².